The summed E-state index contributed by atoms with van der Waals surface area (Å²) >= 11 is 0. The standard InChI is InChI=1S/C24H45N5O7.Gd/c1-5-25-7-8-26(6-2)10-12-28(20-24(33)34)14-13-27(11-9-25)19-23(32)29(15-17-35-21(3)30)16-18-36-22(4)31;/h5-20H2,1-4H3,(H,33,34);/q;+3/p-1. The molecule has 1 heterocycles. The summed E-state index contributed by atoms with van der Waals surface area (Å²) in [4.78, 5) is 56.9. The summed E-state index contributed by atoms with van der Waals surface area (Å²) in [5.74, 6) is -2.15. The molecule has 0 aromatic rings. The van der Waals surface area contributed by atoms with Crippen molar-refractivity contribution >= 4 is 23.8 Å². The molecule has 1 fully saturated rings. The Morgan fingerprint density at radius 1 is 0.676 bits per heavy atom. The van der Waals surface area contributed by atoms with E-state index in [0.29, 0.717) is 26.2 Å². The van der Waals surface area contributed by atoms with Gasteiger partial charge in [-0.15, -0.1) is 0 Å². The zero-order chi connectivity index (χ0) is 26.9. The molecule has 0 aliphatic carbocycles. The van der Waals surface area contributed by atoms with E-state index < -0.39 is 17.9 Å². The van der Waals surface area contributed by atoms with Crippen LogP contribution in [0.4, 0.5) is 0 Å². The molecule has 1 radical (unpaired) electrons. The summed E-state index contributed by atoms with van der Waals surface area (Å²) in [6.45, 7) is 14.7. The van der Waals surface area contributed by atoms with Crippen molar-refractivity contribution in [1.82, 2.24) is 24.5 Å². The fourth-order valence-corrected chi connectivity index (χ4v) is 3.96. The van der Waals surface area contributed by atoms with Crippen molar-refractivity contribution in [3.8, 4) is 0 Å². The molecule has 1 rings (SSSR count). The molecular formula is C24H44GdN5O7+2. The van der Waals surface area contributed by atoms with Gasteiger partial charge in [-0.3, -0.25) is 24.2 Å². The number of carboxylic acids is 1. The van der Waals surface area contributed by atoms with Crippen molar-refractivity contribution in [3.05, 3.63) is 0 Å². The van der Waals surface area contributed by atoms with Crippen LogP contribution in [0.1, 0.15) is 27.7 Å². The number of ether oxygens (including phenoxy) is 2. The predicted octanol–water partition coefficient (Wildman–Crippen LogP) is -2.05. The average molecular weight is 672 g/mol. The van der Waals surface area contributed by atoms with Crippen LogP contribution in [0.2, 0.25) is 0 Å². The third kappa shape index (κ3) is 17.3. The Morgan fingerprint density at radius 3 is 1.35 bits per heavy atom. The molecular weight excluding hydrogens is 628 g/mol. The van der Waals surface area contributed by atoms with Crippen LogP contribution in [0.5, 0.6) is 0 Å². The zero-order valence-corrected chi connectivity index (χ0v) is 25.0. The number of amides is 1. The van der Waals surface area contributed by atoms with Gasteiger partial charge in [0.1, 0.15) is 13.2 Å². The van der Waals surface area contributed by atoms with Crippen LogP contribution in [-0.2, 0) is 28.7 Å². The Bertz CT molecular complexity index is 680. The Kier molecular flexibility index (Phi) is 20.4. The normalized spacial score (nSPS) is 17.1. The van der Waals surface area contributed by atoms with Crippen molar-refractivity contribution in [1.29, 1.82) is 0 Å². The molecule has 1 aliphatic rings. The van der Waals surface area contributed by atoms with Crippen molar-refractivity contribution < 1.29 is 73.7 Å². The first-order valence-corrected chi connectivity index (χ1v) is 12.8. The van der Waals surface area contributed by atoms with E-state index in [1.807, 2.05) is 9.80 Å². The monoisotopic (exact) mass is 672 g/mol. The largest absolute Gasteiger partial charge is 3.00 e. The van der Waals surface area contributed by atoms with Crippen LogP contribution >= 0.6 is 0 Å². The maximum Gasteiger partial charge on any atom is 3.00 e. The van der Waals surface area contributed by atoms with Crippen molar-refractivity contribution in [3.63, 3.8) is 0 Å². The van der Waals surface area contributed by atoms with E-state index in [9.17, 15) is 24.3 Å². The van der Waals surface area contributed by atoms with Gasteiger partial charge in [0.2, 0.25) is 5.91 Å². The molecule has 1 aliphatic heterocycles. The summed E-state index contributed by atoms with van der Waals surface area (Å²) in [5.41, 5.74) is 0. The molecule has 0 aromatic heterocycles. The van der Waals surface area contributed by atoms with Gasteiger partial charge in [-0.1, -0.05) is 13.8 Å². The van der Waals surface area contributed by atoms with Gasteiger partial charge in [-0.25, -0.2) is 0 Å². The summed E-state index contributed by atoms with van der Waals surface area (Å²) in [6.07, 6.45) is 0. The summed E-state index contributed by atoms with van der Waals surface area (Å²) < 4.78 is 9.99. The number of hydrogen-bond acceptors (Lipinski definition) is 11. The molecule has 37 heavy (non-hydrogen) atoms. The molecule has 0 spiro atoms. The van der Waals surface area contributed by atoms with Gasteiger partial charge in [0.25, 0.3) is 0 Å². The number of nitrogens with zero attached hydrogens (tertiary/aromatic N) is 5. The Morgan fingerprint density at radius 2 is 1.03 bits per heavy atom. The molecule has 12 nitrogen and oxygen atoms in total. The molecule has 1 amide bonds. The predicted molar refractivity (Wildman–Crippen MR) is 132 cm³/mol. The van der Waals surface area contributed by atoms with E-state index in [1.165, 1.54) is 18.7 Å². The number of carbonyl (C=O) groups excluding carboxylic acids is 4. The smallest absolute Gasteiger partial charge is 0.549 e. The Hall–Kier alpha value is -0.955. The fourth-order valence-electron chi connectivity index (χ4n) is 3.96. The second kappa shape index (κ2) is 20.9. The Labute approximate surface area is 253 Å². The average Bonchev–Trinajstić information content (AvgIpc) is 2.80. The van der Waals surface area contributed by atoms with Crippen LogP contribution in [0.15, 0.2) is 0 Å². The Balaban J connectivity index is 0.0000130. The third-order valence-electron chi connectivity index (χ3n) is 6.22. The van der Waals surface area contributed by atoms with Gasteiger partial charge in [0.05, 0.1) is 25.6 Å². The number of carbonyl (C=O) groups is 4. The van der Waals surface area contributed by atoms with Gasteiger partial charge in [0.15, 0.2) is 0 Å². The van der Waals surface area contributed by atoms with Crippen molar-refractivity contribution in [2.75, 3.05) is 105 Å². The number of hydrogen-bond donors (Lipinski definition) is 0. The van der Waals surface area contributed by atoms with E-state index in [0.717, 1.165) is 39.3 Å². The van der Waals surface area contributed by atoms with E-state index in [2.05, 4.69) is 23.6 Å². The van der Waals surface area contributed by atoms with E-state index in [1.54, 1.807) is 0 Å². The van der Waals surface area contributed by atoms with E-state index >= 15 is 0 Å². The van der Waals surface area contributed by atoms with Gasteiger partial charge in [-0.2, -0.15) is 0 Å². The minimum atomic E-state index is -1.12. The van der Waals surface area contributed by atoms with Gasteiger partial charge >= 0.3 is 51.9 Å². The molecule has 0 saturated carbocycles. The summed E-state index contributed by atoms with van der Waals surface area (Å²) in [7, 11) is 0. The van der Waals surface area contributed by atoms with Crippen molar-refractivity contribution in [2.24, 2.45) is 0 Å². The van der Waals surface area contributed by atoms with Crippen LogP contribution in [0.25, 0.3) is 0 Å². The quantitative estimate of drug-likeness (QED) is 0.213. The van der Waals surface area contributed by atoms with Crippen LogP contribution < -0.4 is 5.11 Å². The van der Waals surface area contributed by atoms with Gasteiger partial charge in [-0.05, 0) is 13.1 Å². The molecule has 0 atom stereocenters. The molecule has 1 saturated heterocycles. The minimum absolute atomic E-state index is 0. The third-order valence-corrected chi connectivity index (χ3v) is 6.22. The van der Waals surface area contributed by atoms with Crippen molar-refractivity contribution in [2.45, 2.75) is 27.7 Å². The number of carboxylic acid groups (broad SMARTS) is 1. The van der Waals surface area contributed by atoms with Crippen LogP contribution in [0, 0.1) is 39.9 Å². The molecule has 0 N–H and O–H groups in total. The molecule has 0 unspecified atom stereocenters. The SMILES string of the molecule is CCN1CCN(CC)CCN(CC(=O)N(CCOC(C)=O)CCOC(C)=O)CCN(CC(=O)[O-])CC1.[Gd+3]. The maximum absolute atomic E-state index is 13.2. The summed E-state index contributed by atoms with van der Waals surface area (Å²) in [5, 5.41) is 11.3. The maximum atomic E-state index is 13.2. The number of aliphatic carboxylic acids is 1. The zero-order valence-electron chi connectivity index (χ0n) is 22.8. The number of rotatable bonds is 12. The van der Waals surface area contributed by atoms with E-state index in [4.69, 9.17) is 9.47 Å². The first-order valence-electron chi connectivity index (χ1n) is 12.8. The molecule has 0 aromatic carbocycles. The molecule has 0 bridgehead atoms. The van der Waals surface area contributed by atoms with E-state index in [-0.39, 0.29) is 85.2 Å². The van der Waals surface area contributed by atoms with Crippen LogP contribution in [0.3, 0.4) is 0 Å². The second-order valence-corrected chi connectivity index (χ2v) is 8.85. The number of esters is 2. The topological polar surface area (TPSA) is 126 Å². The van der Waals surface area contributed by atoms with Gasteiger partial charge in [0, 0.05) is 72.8 Å². The second-order valence-electron chi connectivity index (χ2n) is 8.85. The number of likely N-dealkylation sites (N-methyl/N-ethyl adjacent to an activating group) is 2. The molecule has 213 valence electrons. The van der Waals surface area contributed by atoms with Gasteiger partial charge < -0.3 is 34.1 Å². The first-order chi connectivity index (χ1) is 17.1. The molecule has 13 heteroatoms. The minimum Gasteiger partial charge on any atom is -0.549 e. The fraction of sp³-hybridized carbons (Fsp3) is 0.833. The summed E-state index contributed by atoms with van der Waals surface area (Å²) in [6, 6.07) is 0. The first kappa shape index (κ1) is 36.0. The van der Waals surface area contributed by atoms with Crippen LogP contribution in [-0.4, -0.2) is 153 Å².